The lowest BCUT2D eigenvalue weighted by Crippen LogP contribution is -2.22. The monoisotopic (exact) mass is 268 g/mol. The van der Waals surface area contributed by atoms with Gasteiger partial charge in [0.15, 0.2) is 0 Å². The Hall–Kier alpha value is -1.82. The van der Waals surface area contributed by atoms with E-state index in [-0.39, 0.29) is 29.2 Å². The summed E-state index contributed by atoms with van der Waals surface area (Å²) in [6.07, 6.45) is -1.76. The third-order valence-corrected chi connectivity index (χ3v) is 4.09. The number of primary amides is 1. The van der Waals surface area contributed by atoms with E-state index >= 15 is 0 Å². The first-order valence-electron chi connectivity index (χ1n) is 5.19. The molecule has 8 heteroatoms. The molecule has 1 aliphatic rings. The third-order valence-electron chi connectivity index (χ3n) is 2.81. The average molecular weight is 268 g/mol. The van der Waals surface area contributed by atoms with Crippen molar-refractivity contribution < 1.29 is 15.0 Å². The number of carbonyl (C=O) groups is 1. The number of hydrogen-bond donors (Lipinski definition) is 4. The molecule has 1 saturated heterocycles. The number of aliphatic hydroxyl groups is 2. The van der Waals surface area contributed by atoms with Gasteiger partial charge in [0, 0.05) is 13.1 Å². The van der Waals surface area contributed by atoms with E-state index in [9.17, 15) is 15.0 Å². The number of nitrogens with two attached hydrogens (primary N) is 2. The summed E-state index contributed by atoms with van der Waals surface area (Å²) in [6.45, 7) is 0.377. The Bertz CT molecular complexity index is 526. The first-order valence-corrected chi connectivity index (χ1v) is 6.00. The van der Waals surface area contributed by atoms with Crippen molar-refractivity contribution in [3.63, 3.8) is 0 Å². The largest absolute Gasteiger partial charge is 0.396 e. The standard InChI is InChI=1S/C10H12N4O3S/c11-1-4-7(12)8(9(13)17)18-10(4)14-2-5(15)6(16)3-14/h5-6,15-16H,2-3,12H2,(H2,13,17). The molecule has 0 bridgehead atoms. The van der Waals surface area contributed by atoms with Gasteiger partial charge in [0.1, 0.15) is 21.5 Å². The van der Waals surface area contributed by atoms with Gasteiger partial charge in [0.2, 0.25) is 0 Å². The molecule has 7 nitrogen and oxygen atoms in total. The maximum atomic E-state index is 11.2. The molecule has 2 heterocycles. The molecule has 2 unspecified atom stereocenters. The summed E-state index contributed by atoms with van der Waals surface area (Å²) >= 11 is 1.00. The summed E-state index contributed by atoms with van der Waals surface area (Å²) < 4.78 is 0. The smallest absolute Gasteiger partial charge is 0.261 e. The fourth-order valence-corrected chi connectivity index (χ4v) is 2.92. The fourth-order valence-electron chi connectivity index (χ4n) is 1.88. The van der Waals surface area contributed by atoms with Crippen LogP contribution in [0, 0.1) is 11.3 Å². The molecular weight excluding hydrogens is 256 g/mol. The van der Waals surface area contributed by atoms with Crippen LogP contribution in [0.25, 0.3) is 0 Å². The van der Waals surface area contributed by atoms with Crippen LogP contribution in [0.5, 0.6) is 0 Å². The molecule has 18 heavy (non-hydrogen) atoms. The first-order chi connectivity index (χ1) is 8.45. The van der Waals surface area contributed by atoms with Crippen molar-refractivity contribution in [1.82, 2.24) is 0 Å². The zero-order valence-corrected chi connectivity index (χ0v) is 10.1. The van der Waals surface area contributed by atoms with Crippen molar-refractivity contribution in [2.24, 2.45) is 5.73 Å². The van der Waals surface area contributed by atoms with Gasteiger partial charge in [-0.2, -0.15) is 5.26 Å². The summed E-state index contributed by atoms with van der Waals surface area (Å²) in [5.74, 6) is -0.694. The van der Waals surface area contributed by atoms with Crippen molar-refractivity contribution in [3.8, 4) is 6.07 Å². The predicted molar refractivity (Wildman–Crippen MR) is 66.2 cm³/mol. The Balaban J connectivity index is 2.43. The van der Waals surface area contributed by atoms with E-state index in [0.717, 1.165) is 11.3 Å². The quantitative estimate of drug-likeness (QED) is 0.534. The van der Waals surface area contributed by atoms with Crippen LogP contribution in [0.4, 0.5) is 10.7 Å². The molecule has 2 atom stereocenters. The Morgan fingerprint density at radius 3 is 2.44 bits per heavy atom. The van der Waals surface area contributed by atoms with E-state index in [2.05, 4.69) is 0 Å². The Labute approximate surface area is 107 Å². The molecule has 0 radical (unpaired) electrons. The van der Waals surface area contributed by atoms with E-state index in [1.165, 1.54) is 0 Å². The third kappa shape index (κ3) is 1.88. The molecule has 0 aromatic carbocycles. The summed E-state index contributed by atoms with van der Waals surface area (Å²) in [5.41, 5.74) is 11.1. The van der Waals surface area contributed by atoms with Crippen LogP contribution < -0.4 is 16.4 Å². The van der Waals surface area contributed by atoms with Crippen molar-refractivity contribution in [1.29, 1.82) is 5.26 Å². The Morgan fingerprint density at radius 2 is 2.00 bits per heavy atom. The minimum absolute atomic E-state index is 0.0564. The number of nitriles is 1. The minimum Gasteiger partial charge on any atom is -0.396 e. The van der Waals surface area contributed by atoms with Crippen molar-refractivity contribution >= 4 is 27.9 Å². The van der Waals surface area contributed by atoms with Crippen molar-refractivity contribution in [2.45, 2.75) is 12.2 Å². The highest BCUT2D eigenvalue weighted by Crippen LogP contribution is 2.38. The molecule has 1 fully saturated rings. The molecule has 1 amide bonds. The topological polar surface area (TPSA) is 137 Å². The van der Waals surface area contributed by atoms with Crippen LogP contribution in [0.1, 0.15) is 15.2 Å². The van der Waals surface area contributed by atoms with Gasteiger partial charge in [-0.25, -0.2) is 0 Å². The van der Waals surface area contributed by atoms with E-state index in [4.69, 9.17) is 16.7 Å². The zero-order valence-electron chi connectivity index (χ0n) is 9.33. The number of β-amino-alcohol motifs (C(OH)–C–C–N with tert-alkyl or cyclic N) is 2. The summed E-state index contributed by atoms with van der Waals surface area (Å²) in [5, 5.41) is 28.5. The predicted octanol–water partition coefficient (Wildman–Crippen LogP) is -1.16. The van der Waals surface area contributed by atoms with Gasteiger partial charge in [-0.15, -0.1) is 11.3 Å². The number of anilines is 2. The number of carbonyl (C=O) groups excluding carboxylic acids is 1. The highest BCUT2D eigenvalue weighted by atomic mass is 32.1. The number of rotatable bonds is 2. The van der Waals surface area contributed by atoms with E-state index in [1.54, 1.807) is 4.90 Å². The van der Waals surface area contributed by atoms with Gasteiger partial charge >= 0.3 is 0 Å². The molecule has 1 aromatic rings. The number of nitrogen functional groups attached to an aromatic ring is 1. The highest BCUT2D eigenvalue weighted by molar-refractivity contribution is 7.19. The zero-order chi connectivity index (χ0) is 13.4. The van der Waals surface area contributed by atoms with Crippen LogP contribution in [0.15, 0.2) is 0 Å². The summed E-state index contributed by atoms with van der Waals surface area (Å²) in [6, 6.07) is 1.92. The van der Waals surface area contributed by atoms with Gasteiger partial charge in [-0.3, -0.25) is 4.79 Å². The summed E-state index contributed by atoms with van der Waals surface area (Å²) in [4.78, 5) is 12.9. The second-order valence-electron chi connectivity index (χ2n) is 4.04. The second kappa shape index (κ2) is 4.45. The molecule has 1 aliphatic heterocycles. The van der Waals surface area contributed by atoms with Crippen LogP contribution in [-0.2, 0) is 0 Å². The normalized spacial score (nSPS) is 23.1. The number of thiophene rings is 1. The number of nitrogens with zero attached hydrogens (tertiary/aromatic N) is 2. The van der Waals surface area contributed by atoms with Crippen molar-refractivity contribution in [3.05, 3.63) is 10.4 Å². The Kier molecular flexibility index (Phi) is 3.13. The van der Waals surface area contributed by atoms with Gasteiger partial charge in [-0.05, 0) is 0 Å². The first kappa shape index (κ1) is 12.6. The van der Waals surface area contributed by atoms with Crippen molar-refractivity contribution in [2.75, 3.05) is 23.7 Å². The maximum Gasteiger partial charge on any atom is 0.261 e. The second-order valence-corrected chi connectivity index (χ2v) is 5.04. The average Bonchev–Trinajstić information content (AvgIpc) is 2.80. The molecule has 6 N–H and O–H groups in total. The summed E-state index contributed by atoms with van der Waals surface area (Å²) in [7, 11) is 0. The van der Waals surface area contributed by atoms with Crippen LogP contribution in [0.2, 0.25) is 0 Å². The van der Waals surface area contributed by atoms with Gasteiger partial charge in [0.25, 0.3) is 5.91 Å². The van der Waals surface area contributed by atoms with E-state index in [1.807, 2.05) is 6.07 Å². The fraction of sp³-hybridized carbons (Fsp3) is 0.400. The Morgan fingerprint density at radius 1 is 1.44 bits per heavy atom. The number of hydrogen-bond acceptors (Lipinski definition) is 7. The van der Waals surface area contributed by atoms with Crippen LogP contribution in [-0.4, -0.2) is 41.4 Å². The molecule has 96 valence electrons. The van der Waals surface area contributed by atoms with E-state index < -0.39 is 18.1 Å². The lowest BCUT2D eigenvalue weighted by molar-refractivity contribution is 0.0572. The highest BCUT2D eigenvalue weighted by Gasteiger charge is 2.33. The molecule has 2 rings (SSSR count). The maximum absolute atomic E-state index is 11.2. The number of amides is 1. The van der Waals surface area contributed by atoms with Gasteiger partial charge < -0.3 is 26.6 Å². The van der Waals surface area contributed by atoms with Crippen LogP contribution >= 0.6 is 11.3 Å². The SMILES string of the molecule is N#Cc1c(N2CC(O)C(O)C2)sc(C(N)=O)c1N. The van der Waals surface area contributed by atoms with E-state index in [0.29, 0.717) is 5.00 Å². The molecule has 0 saturated carbocycles. The molecular formula is C10H12N4O3S. The molecule has 0 aliphatic carbocycles. The van der Waals surface area contributed by atoms with Crippen LogP contribution in [0.3, 0.4) is 0 Å². The lowest BCUT2D eigenvalue weighted by Gasteiger charge is -2.15. The van der Waals surface area contributed by atoms with Gasteiger partial charge in [-0.1, -0.05) is 0 Å². The van der Waals surface area contributed by atoms with Gasteiger partial charge in [0.05, 0.1) is 17.9 Å². The minimum atomic E-state index is -0.878. The molecule has 0 spiro atoms. The number of aliphatic hydroxyl groups excluding tert-OH is 2. The molecule has 1 aromatic heterocycles. The lowest BCUT2D eigenvalue weighted by atomic mass is 10.2.